The van der Waals surface area contributed by atoms with E-state index < -0.39 is 12.6 Å². The standard InChI is InChI=1S/C14H27F3N2/c1-4-19-9-12(8-14(15,16)17)7-13(10-19)18-6-5-11(2)3/h11-13,18H,4-10H2,1-3H3. The Hall–Kier alpha value is -0.290. The molecule has 114 valence electrons. The van der Waals surface area contributed by atoms with E-state index in [0.29, 0.717) is 18.9 Å². The van der Waals surface area contributed by atoms with E-state index in [4.69, 9.17) is 0 Å². The van der Waals surface area contributed by atoms with E-state index in [0.717, 1.165) is 26.1 Å². The quantitative estimate of drug-likeness (QED) is 0.803. The Kier molecular flexibility index (Phi) is 6.60. The van der Waals surface area contributed by atoms with Gasteiger partial charge in [0.2, 0.25) is 0 Å². The zero-order valence-corrected chi connectivity index (χ0v) is 12.3. The molecule has 0 aromatic heterocycles. The van der Waals surface area contributed by atoms with Gasteiger partial charge in [0.1, 0.15) is 0 Å². The lowest BCUT2D eigenvalue weighted by Crippen LogP contribution is -2.50. The summed E-state index contributed by atoms with van der Waals surface area (Å²) in [7, 11) is 0. The van der Waals surface area contributed by atoms with Crippen LogP contribution in [0.5, 0.6) is 0 Å². The highest BCUT2D eigenvalue weighted by atomic mass is 19.4. The van der Waals surface area contributed by atoms with Gasteiger partial charge in [0.05, 0.1) is 0 Å². The molecule has 2 unspecified atom stereocenters. The van der Waals surface area contributed by atoms with E-state index in [2.05, 4.69) is 24.1 Å². The molecule has 0 saturated carbocycles. The highest BCUT2D eigenvalue weighted by molar-refractivity contribution is 4.84. The summed E-state index contributed by atoms with van der Waals surface area (Å²) in [5, 5.41) is 3.42. The van der Waals surface area contributed by atoms with Gasteiger partial charge >= 0.3 is 6.18 Å². The average molecular weight is 280 g/mol. The second kappa shape index (κ2) is 7.48. The lowest BCUT2D eigenvalue weighted by Gasteiger charge is -2.38. The Balaban J connectivity index is 2.43. The number of halogens is 3. The van der Waals surface area contributed by atoms with Crippen molar-refractivity contribution in [2.45, 2.75) is 52.3 Å². The molecule has 1 aliphatic rings. The van der Waals surface area contributed by atoms with Gasteiger partial charge in [-0.1, -0.05) is 20.8 Å². The molecular formula is C14H27F3N2. The van der Waals surface area contributed by atoms with E-state index in [-0.39, 0.29) is 12.0 Å². The van der Waals surface area contributed by atoms with E-state index in [9.17, 15) is 13.2 Å². The SMILES string of the molecule is CCN1CC(CC(F)(F)F)CC(NCCC(C)C)C1. The fraction of sp³-hybridized carbons (Fsp3) is 1.00. The maximum Gasteiger partial charge on any atom is 0.389 e. The Labute approximate surface area is 114 Å². The average Bonchev–Trinajstić information content (AvgIpc) is 2.25. The molecule has 1 fully saturated rings. The van der Waals surface area contributed by atoms with E-state index in [1.165, 1.54) is 0 Å². The molecule has 2 nitrogen and oxygen atoms in total. The van der Waals surface area contributed by atoms with Crippen molar-refractivity contribution in [3.05, 3.63) is 0 Å². The van der Waals surface area contributed by atoms with Crippen molar-refractivity contribution < 1.29 is 13.2 Å². The van der Waals surface area contributed by atoms with Gasteiger partial charge in [0.25, 0.3) is 0 Å². The summed E-state index contributed by atoms with van der Waals surface area (Å²) in [4.78, 5) is 2.13. The molecule has 5 heteroatoms. The monoisotopic (exact) mass is 280 g/mol. The maximum atomic E-state index is 12.5. The molecule has 1 heterocycles. The van der Waals surface area contributed by atoms with Crippen molar-refractivity contribution in [1.82, 2.24) is 10.2 Å². The highest BCUT2D eigenvalue weighted by Gasteiger charge is 2.36. The van der Waals surface area contributed by atoms with Gasteiger partial charge in [-0.15, -0.1) is 0 Å². The lowest BCUT2D eigenvalue weighted by atomic mass is 9.91. The Morgan fingerprint density at radius 3 is 2.47 bits per heavy atom. The van der Waals surface area contributed by atoms with Gasteiger partial charge in [-0.2, -0.15) is 13.2 Å². The number of piperidine rings is 1. The normalized spacial score (nSPS) is 26.1. The number of likely N-dealkylation sites (tertiary alicyclic amines) is 1. The first kappa shape index (κ1) is 16.8. The molecule has 1 N–H and O–H groups in total. The summed E-state index contributed by atoms with van der Waals surface area (Å²) in [5.41, 5.74) is 0. The molecule has 0 aromatic rings. The van der Waals surface area contributed by atoms with Crippen LogP contribution in [0.1, 0.15) is 40.0 Å². The summed E-state index contributed by atoms with van der Waals surface area (Å²) in [6, 6.07) is 0.208. The molecule has 0 amide bonds. The number of hydrogen-bond acceptors (Lipinski definition) is 2. The fourth-order valence-corrected chi connectivity index (χ4v) is 2.76. The number of hydrogen-bond donors (Lipinski definition) is 1. The van der Waals surface area contributed by atoms with Gasteiger partial charge in [0.15, 0.2) is 0 Å². The topological polar surface area (TPSA) is 15.3 Å². The largest absolute Gasteiger partial charge is 0.389 e. The Morgan fingerprint density at radius 1 is 1.26 bits per heavy atom. The van der Waals surface area contributed by atoms with Crippen LogP contribution in [0, 0.1) is 11.8 Å². The summed E-state index contributed by atoms with van der Waals surface area (Å²) < 4.78 is 37.6. The number of rotatable bonds is 6. The van der Waals surface area contributed by atoms with Crippen LogP contribution in [0.3, 0.4) is 0 Å². The van der Waals surface area contributed by atoms with Crippen molar-refractivity contribution in [3.63, 3.8) is 0 Å². The molecule has 2 atom stereocenters. The van der Waals surface area contributed by atoms with Crippen LogP contribution in [-0.2, 0) is 0 Å². The molecule has 1 aliphatic heterocycles. The van der Waals surface area contributed by atoms with Crippen LogP contribution < -0.4 is 5.32 Å². The van der Waals surface area contributed by atoms with Gasteiger partial charge in [0, 0.05) is 25.6 Å². The summed E-state index contributed by atoms with van der Waals surface area (Å²) in [6.07, 6.45) is -2.96. The predicted octanol–water partition coefficient (Wildman–Crippen LogP) is 3.28. The summed E-state index contributed by atoms with van der Waals surface area (Å²) in [6.45, 7) is 9.53. The number of likely N-dealkylation sites (N-methyl/N-ethyl adjacent to an activating group) is 1. The van der Waals surface area contributed by atoms with Crippen molar-refractivity contribution in [1.29, 1.82) is 0 Å². The molecule has 0 aliphatic carbocycles. The smallest absolute Gasteiger partial charge is 0.313 e. The summed E-state index contributed by atoms with van der Waals surface area (Å²) >= 11 is 0. The van der Waals surface area contributed by atoms with Crippen LogP contribution in [0.2, 0.25) is 0 Å². The highest BCUT2D eigenvalue weighted by Crippen LogP contribution is 2.30. The second-order valence-electron chi connectivity index (χ2n) is 6.11. The first-order chi connectivity index (χ1) is 8.80. The van der Waals surface area contributed by atoms with E-state index >= 15 is 0 Å². The molecular weight excluding hydrogens is 253 g/mol. The van der Waals surface area contributed by atoms with Gasteiger partial charge in [-0.05, 0) is 37.8 Å². The van der Waals surface area contributed by atoms with Gasteiger partial charge < -0.3 is 10.2 Å². The summed E-state index contributed by atoms with van der Waals surface area (Å²) in [5.74, 6) is 0.370. The van der Waals surface area contributed by atoms with Crippen molar-refractivity contribution in [3.8, 4) is 0 Å². The molecule has 1 rings (SSSR count). The van der Waals surface area contributed by atoms with Gasteiger partial charge in [-0.3, -0.25) is 0 Å². The van der Waals surface area contributed by atoms with E-state index in [1.54, 1.807) is 0 Å². The van der Waals surface area contributed by atoms with E-state index in [1.807, 2.05) is 6.92 Å². The predicted molar refractivity (Wildman–Crippen MR) is 72.1 cm³/mol. The maximum absolute atomic E-state index is 12.5. The van der Waals surface area contributed by atoms with Crippen molar-refractivity contribution in [2.75, 3.05) is 26.2 Å². The van der Waals surface area contributed by atoms with Crippen LogP contribution in [-0.4, -0.2) is 43.3 Å². The zero-order valence-electron chi connectivity index (χ0n) is 12.3. The second-order valence-corrected chi connectivity index (χ2v) is 6.11. The molecule has 0 radical (unpaired) electrons. The molecule has 19 heavy (non-hydrogen) atoms. The van der Waals surface area contributed by atoms with Gasteiger partial charge in [-0.25, -0.2) is 0 Å². The fourth-order valence-electron chi connectivity index (χ4n) is 2.76. The van der Waals surface area contributed by atoms with Crippen LogP contribution >= 0.6 is 0 Å². The molecule has 1 saturated heterocycles. The first-order valence-electron chi connectivity index (χ1n) is 7.32. The third-order valence-electron chi connectivity index (χ3n) is 3.73. The minimum Gasteiger partial charge on any atom is -0.313 e. The first-order valence-corrected chi connectivity index (χ1v) is 7.32. The third-order valence-corrected chi connectivity index (χ3v) is 3.73. The minimum atomic E-state index is -4.04. The molecule has 0 spiro atoms. The number of alkyl halides is 3. The molecule has 0 aromatic carbocycles. The Bertz CT molecular complexity index is 254. The minimum absolute atomic E-state index is 0.208. The Morgan fingerprint density at radius 2 is 1.95 bits per heavy atom. The number of nitrogens with zero attached hydrogens (tertiary/aromatic N) is 1. The third kappa shape index (κ3) is 7.16. The molecule has 0 bridgehead atoms. The van der Waals surface area contributed by atoms with Crippen LogP contribution in [0.15, 0.2) is 0 Å². The van der Waals surface area contributed by atoms with Crippen LogP contribution in [0.4, 0.5) is 13.2 Å². The zero-order chi connectivity index (χ0) is 14.5. The number of nitrogens with one attached hydrogen (secondary N) is 1. The van der Waals surface area contributed by atoms with Crippen molar-refractivity contribution >= 4 is 0 Å². The van der Waals surface area contributed by atoms with Crippen molar-refractivity contribution in [2.24, 2.45) is 11.8 Å². The van der Waals surface area contributed by atoms with Crippen LogP contribution in [0.25, 0.3) is 0 Å². The lowest BCUT2D eigenvalue weighted by molar-refractivity contribution is -0.148.